The summed E-state index contributed by atoms with van der Waals surface area (Å²) in [6.45, 7) is 0.351. The highest BCUT2D eigenvalue weighted by Gasteiger charge is 2.43. The van der Waals surface area contributed by atoms with Gasteiger partial charge in [-0.15, -0.1) is 0 Å². The Kier molecular flexibility index (Phi) is 5.33. The van der Waals surface area contributed by atoms with Crippen molar-refractivity contribution in [3.05, 3.63) is 71.8 Å². The summed E-state index contributed by atoms with van der Waals surface area (Å²) in [5.41, 5.74) is 1.75. The number of rotatable bonds is 7. The molecule has 1 N–H and O–H groups in total. The molecule has 1 fully saturated rings. The van der Waals surface area contributed by atoms with Crippen LogP contribution in [0.15, 0.2) is 60.7 Å². The summed E-state index contributed by atoms with van der Waals surface area (Å²) in [5, 5.41) is 9.62. The summed E-state index contributed by atoms with van der Waals surface area (Å²) in [5.74, 6) is -0.972. The minimum atomic E-state index is -0.977. The quantitative estimate of drug-likeness (QED) is 0.835. The molecule has 0 heterocycles. The van der Waals surface area contributed by atoms with Gasteiger partial charge < -0.3 is 9.84 Å². The average molecular weight is 339 g/mol. The number of aliphatic carboxylic acids is 1. The molecule has 1 atom stereocenters. The Bertz CT molecular complexity index is 713. The number of hydrogen-bond donors (Lipinski definition) is 1. The molecule has 0 radical (unpaired) electrons. The van der Waals surface area contributed by atoms with E-state index >= 15 is 0 Å². The van der Waals surface area contributed by atoms with E-state index in [1.54, 1.807) is 0 Å². The molecule has 1 aliphatic rings. The maximum Gasteiger partial charge on any atom is 0.411 e. The Balaban J connectivity index is 1.74. The van der Waals surface area contributed by atoms with Gasteiger partial charge >= 0.3 is 12.1 Å². The number of amides is 1. The molecular formula is C20H21NO4. The fourth-order valence-corrected chi connectivity index (χ4v) is 2.86. The molecule has 0 aromatic heterocycles. The van der Waals surface area contributed by atoms with Crippen molar-refractivity contribution in [2.45, 2.75) is 32.0 Å². The van der Waals surface area contributed by atoms with Crippen LogP contribution < -0.4 is 0 Å². The third-order valence-electron chi connectivity index (χ3n) is 4.29. The van der Waals surface area contributed by atoms with Gasteiger partial charge in [0.2, 0.25) is 0 Å². The Morgan fingerprint density at radius 3 is 2.08 bits per heavy atom. The van der Waals surface area contributed by atoms with Crippen molar-refractivity contribution in [1.82, 2.24) is 4.90 Å². The molecule has 0 bridgehead atoms. The second kappa shape index (κ2) is 7.83. The average Bonchev–Trinajstić information content (AvgIpc) is 3.45. The van der Waals surface area contributed by atoms with Crippen LogP contribution >= 0.6 is 0 Å². The van der Waals surface area contributed by atoms with Crippen LogP contribution in [0.1, 0.15) is 24.0 Å². The van der Waals surface area contributed by atoms with E-state index in [2.05, 4.69) is 0 Å². The lowest BCUT2D eigenvalue weighted by Crippen LogP contribution is -2.46. The van der Waals surface area contributed by atoms with E-state index < -0.39 is 18.1 Å². The normalized spacial score (nSPS) is 14.6. The SMILES string of the molecule is O=C(O)C(C1CC1)N(Cc1ccccc1)C(=O)OCc1ccccc1. The summed E-state index contributed by atoms with van der Waals surface area (Å²) >= 11 is 0. The van der Waals surface area contributed by atoms with Crippen LogP contribution in [-0.2, 0) is 22.7 Å². The lowest BCUT2D eigenvalue weighted by atomic mass is 10.1. The summed E-state index contributed by atoms with van der Waals surface area (Å²) in [6, 6.07) is 17.9. The van der Waals surface area contributed by atoms with Gasteiger partial charge in [-0.1, -0.05) is 60.7 Å². The molecule has 5 nitrogen and oxygen atoms in total. The van der Waals surface area contributed by atoms with E-state index in [0.717, 1.165) is 24.0 Å². The smallest absolute Gasteiger partial charge is 0.411 e. The van der Waals surface area contributed by atoms with Crippen molar-refractivity contribution >= 4 is 12.1 Å². The Hall–Kier alpha value is -2.82. The van der Waals surface area contributed by atoms with Crippen molar-refractivity contribution in [1.29, 1.82) is 0 Å². The van der Waals surface area contributed by atoms with Gasteiger partial charge in [-0.3, -0.25) is 4.90 Å². The monoisotopic (exact) mass is 339 g/mol. The summed E-state index contributed by atoms with van der Waals surface area (Å²) in [4.78, 5) is 25.7. The topological polar surface area (TPSA) is 66.8 Å². The van der Waals surface area contributed by atoms with Gasteiger partial charge in [0.15, 0.2) is 0 Å². The molecule has 5 heteroatoms. The van der Waals surface area contributed by atoms with Crippen molar-refractivity contribution in [2.75, 3.05) is 0 Å². The minimum Gasteiger partial charge on any atom is -0.480 e. The molecule has 1 amide bonds. The van der Waals surface area contributed by atoms with Crippen molar-refractivity contribution < 1.29 is 19.4 Å². The number of benzene rings is 2. The molecular weight excluding hydrogens is 318 g/mol. The molecule has 1 unspecified atom stereocenters. The lowest BCUT2D eigenvalue weighted by Gasteiger charge is -2.28. The second-order valence-electron chi connectivity index (χ2n) is 6.27. The fourth-order valence-electron chi connectivity index (χ4n) is 2.86. The highest BCUT2D eigenvalue weighted by molar-refractivity contribution is 5.80. The largest absolute Gasteiger partial charge is 0.480 e. The standard InChI is InChI=1S/C20H21NO4/c22-19(23)18(17-11-12-17)21(13-15-7-3-1-4-8-15)20(24)25-14-16-9-5-2-6-10-16/h1-10,17-18H,11-14H2,(H,22,23). The van der Waals surface area contributed by atoms with Gasteiger partial charge in [0.05, 0.1) is 0 Å². The van der Waals surface area contributed by atoms with E-state index in [-0.39, 0.29) is 19.1 Å². The molecule has 130 valence electrons. The molecule has 2 aromatic rings. The predicted molar refractivity (Wildman–Crippen MR) is 92.8 cm³/mol. The first-order valence-corrected chi connectivity index (χ1v) is 8.39. The highest BCUT2D eigenvalue weighted by Crippen LogP contribution is 2.36. The third-order valence-corrected chi connectivity index (χ3v) is 4.29. The molecule has 0 aliphatic heterocycles. The zero-order chi connectivity index (χ0) is 17.6. The first-order valence-electron chi connectivity index (χ1n) is 8.39. The highest BCUT2D eigenvalue weighted by atomic mass is 16.6. The van der Waals surface area contributed by atoms with E-state index in [4.69, 9.17) is 4.74 Å². The number of carboxylic acid groups (broad SMARTS) is 1. The van der Waals surface area contributed by atoms with Crippen LogP contribution in [0.5, 0.6) is 0 Å². The van der Waals surface area contributed by atoms with E-state index in [1.807, 2.05) is 60.7 Å². The molecule has 2 aromatic carbocycles. The van der Waals surface area contributed by atoms with E-state index in [9.17, 15) is 14.7 Å². The van der Waals surface area contributed by atoms with Gasteiger partial charge in [0.1, 0.15) is 12.6 Å². The van der Waals surface area contributed by atoms with Crippen LogP contribution in [0.3, 0.4) is 0 Å². The molecule has 25 heavy (non-hydrogen) atoms. The summed E-state index contributed by atoms with van der Waals surface area (Å²) in [7, 11) is 0. The van der Waals surface area contributed by atoms with Crippen molar-refractivity contribution in [3.63, 3.8) is 0 Å². The zero-order valence-electron chi connectivity index (χ0n) is 13.9. The molecule has 1 aliphatic carbocycles. The molecule has 1 saturated carbocycles. The first-order chi connectivity index (χ1) is 12.1. The lowest BCUT2D eigenvalue weighted by molar-refractivity contribution is -0.143. The Morgan fingerprint density at radius 2 is 1.56 bits per heavy atom. The van der Waals surface area contributed by atoms with Gasteiger partial charge in [0, 0.05) is 6.54 Å². The number of ether oxygens (including phenoxy) is 1. The van der Waals surface area contributed by atoms with Crippen molar-refractivity contribution in [2.24, 2.45) is 5.92 Å². The van der Waals surface area contributed by atoms with Gasteiger partial charge in [-0.25, -0.2) is 9.59 Å². The zero-order valence-corrected chi connectivity index (χ0v) is 13.9. The summed E-state index contributed by atoms with van der Waals surface area (Å²) in [6.07, 6.45) is 1.06. The first kappa shape index (κ1) is 17.0. The number of nitrogens with zero attached hydrogens (tertiary/aromatic N) is 1. The van der Waals surface area contributed by atoms with Crippen LogP contribution in [0.25, 0.3) is 0 Å². The van der Waals surface area contributed by atoms with E-state index in [0.29, 0.717) is 0 Å². The van der Waals surface area contributed by atoms with Gasteiger partial charge in [0.25, 0.3) is 0 Å². The van der Waals surface area contributed by atoms with E-state index in [1.165, 1.54) is 4.90 Å². The number of carboxylic acids is 1. The van der Waals surface area contributed by atoms with Crippen LogP contribution in [0, 0.1) is 5.92 Å². The maximum absolute atomic E-state index is 12.6. The Labute approximate surface area is 146 Å². The maximum atomic E-state index is 12.6. The predicted octanol–water partition coefficient (Wildman–Crippen LogP) is 3.69. The molecule has 0 saturated heterocycles. The van der Waals surface area contributed by atoms with Crippen LogP contribution in [-0.4, -0.2) is 28.1 Å². The fraction of sp³-hybridized carbons (Fsp3) is 0.300. The Morgan fingerprint density at radius 1 is 1.00 bits per heavy atom. The second-order valence-corrected chi connectivity index (χ2v) is 6.27. The number of hydrogen-bond acceptors (Lipinski definition) is 3. The molecule has 3 rings (SSSR count). The van der Waals surface area contributed by atoms with Gasteiger partial charge in [-0.05, 0) is 29.9 Å². The van der Waals surface area contributed by atoms with Crippen LogP contribution in [0.2, 0.25) is 0 Å². The number of carbonyl (C=O) groups excluding carboxylic acids is 1. The molecule has 0 spiro atoms. The van der Waals surface area contributed by atoms with Gasteiger partial charge in [-0.2, -0.15) is 0 Å². The van der Waals surface area contributed by atoms with Crippen molar-refractivity contribution in [3.8, 4) is 0 Å². The van der Waals surface area contributed by atoms with Crippen LogP contribution in [0.4, 0.5) is 4.79 Å². The minimum absolute atomic E-state index is 0.00508. The third kappa shape index (κ3) is 4.59. The summed E-state index contributed by atoms with van der Waals surface area (Å²) < 4.78 is 5.40. The number of carbonyl (C=O) groups is 2.